The number of aryl methyl sites for hydroxylation is 1. The first-order valence-electron chi connectivity index (χ1n) is 13.6. The molecule has 10 heteroatoms. The summed E-state index contributed by atoms with van der Waals surface area (Å²) in [5, 5.41) is 9.24. The number of hydrogen-bond donors (Lipinski definition) is 3. The highest BCUT2D eigenvalue weighted by Crippen LogP contribution is 2.28. The Bertz CT molecular complexity index is 1340. The topological polar surface area (TPSA) is 127 Å². The number of hydrazone groups is 1. The number of rotatable bonds is 14. The Morgan fingerprint density at radius 2 is 1.61 bits per heavy atom. The van der Waals surface area contributed by atoms with E-state index in [0.29, 0.717) is 41.7 Å². The fourth-order valence-electron chi connectivity index (χ4n) is 3.65. The van der Waals surface area contributed by atoms with Crippen LogP contribution in [0, 0.1) is 0 Å². The van der Waals surface area contributed by atoms with Gasteiger partial charge in [0, 0.05) is 11.4 Å². The van der Waals surface area contributed by atoms with Gasteiger partial charge in [-0.15, -0.1) is 0 Å². The second kappa shape index (κ2) is 16.3. The van der Waals surface area contributed by atoms with Gasteiger partial charge in [0.2, 0.25) is 0 Å². The van der Waals surface area contributed by atoms with Crippen molar-refractivity contribution in [3.8, 4) is 17.2 Å². The molecule has 3 N–H and O–H groups in total. The zero-order valence-electron chi connectivity index (χ0n) is 23.6. The number of carbonyl (C=O) groups is 3. The highest BCUT2D eigenvalue weighted by Gasteiger charge is 2.14. The minimum absolute atomic E-state index is 0.203. The molecule has 41 heavy (non-hydrogen) atoms. The third-order valence-electron chi connectivity index (χ3n) is 5.76. The molecule has 0 aliphatic carbocycles. The number of nitrogens with zero attached hydrogens (tertiary/aromatic N) is 1. The molecule has 10 nitrogen and oxygen atoms in total. The molecule has 0 aromatic heterocycles. The van der Waals surface area contributed by atoms with E-state index in [9.17, 15) is 14.4 Å². The van der Waals surface area contributed by atoms with Crippen molar-refractivity contribution < 1.29 is 28.6 Å². The smallest absolute Gasteiger partial charge is 0.329 e. The first kappa shape index (κ1) is 30.7. The lowest BCUT2D eigenvalue weighted by Gasteiger charge is -2.13. The zero-order valence-corrected chi connectivity index (χ0v) is 23.6. The minimum Gasteiger partial charge on any atom is -0.494 e. The number of amides is 3. The molecule has 0 heterocycles. The number of carbonyl (C=O) groups excluding carboxylic acids is 3. The Kier molecular flexibility index (Phi) is 12.2. The molecular weight excluding hydrogens is 524 g/mol. The Hall–Kier alpha value is -4.86. The lowest BCUT2D eigenvalue weighted by molar-refractivity contribution is -0.136. The van der Waals surface area contributed by atoms with Crippen LogP contribution in [0.1, 0.15) is 44.7 Å². The molecule has 3 aromatic rings. The van der Waals surface area contributed by atoms with Crippen LogP contribution in [0.3, 0.4) is 0 Å². The lowest BCUT2D eigenvalue weighted by Crippen LogP contribution is -2.32. The van der Waals surface area contributed by atoms with Crippen LogP contribution < -0.4 is 30.3 Å². The predicted octanol–water partition coefficient (Wildman–Crippen LogP) is 4.93. The van der Waals surface area contributed by atoms with Crippen molar-refractivity contribution in [2.45, 2.75) is 40.0 Å². The Labute approximate surface area is 240 Å². The third kappa shape index (κ3) is 9.99. The van der Waals surface area contributed by atoms with Gasteiger partial charge in [-0.05, 0) is 79.4 Å². The van der Waals surface area contributed by atoms with Crippen LogP contribution in [-0.2, 0) is 20.8 Å². The number of unbranched alkanes of at least 4 members (excludes halogenated alkanes) is 1. The van der Waals surface area contributed by atoms with Gasteiger partial charge in [0.1, 0.15) is 5.75 Å². The van der Waals surface area contributed by atoms with Crippen molar-refractivity contribution in [3.63, 3.8) is 0 Å². The fraction of sp³-hybridized carbons (Fsp3) is 0.290. The van der Waals surface area contributed by atoms with Crippen LogP contribution >= 0.6 is 0 Å². The Morgan fingerprint density at radius 1 is 0.829 bits per heavy atom. The molecule has 0 atom stereocenters. The summed E-state index contributed by atoms with van der Waals surface area (Å²) in [4.78, 5) is 36.8. The van der Waals surface area contributed by atoms with Crippen molar-refractivity contribution in [1.82, 2.24) is 5.43 Å². The molecule has 0 bridgehead atoms. The standard InChI is InChI=1S/C31H36N4O6/c1-4-7-18-40-25-15-13-24(14-16-25)33-30(37)31(38)35-32-20-22-12-17-27(28(19-22)39-6-3)41-21-29(36)34-26-11-9-8-10-23(26)5-2/h8-17,19-20H,4-7,18,21H2,1-3H3,(H,33,37)(H,34,36)(H,35,38)/b32-20-. The SMILES string of the molecule is CCCCOc1ccc(NC(=O)C(=O)N/N=C\c2ccc(OCC(=O)Nc3ccccc3CC)c(OCC)c2)cc1. The highest BCUT2D eigenvalue weighted by molar-refractivity contribution is 6.39. The summed E-state index contributed by atoms with van der Waals surface area (Å²) in [6.45, 7) is 6.72. The van der Waals surface area contributed by atoms with E-state index in [1.54, 1.807) is 42.5 Å². The van der Waals surface area contributed by atoms with Gasteiger partial charge in [-0.1, -0.05) is 38.5 Å². The maximum Gasteiger partial charge on any atom is 0.329 e. The number of nitrogens with one attached hydrogen (secondary N) is 3. The maximum absolute atomic E-state index is 12.5. The summed E-state index contributed by atoms with van der Waals surface area (Å²) < 4.78 is 16.9. The largest absolute Gasteiger partial charge is 0.494 e. The van der Waals surface area contributed by atoms with E-state index < -0.39 is 11.8 Å². The molecule has 0 spiro atoms. The quantitative estimate of drug-likeness (QED) is 0.111. The van der Waals surface area contributed by atoms with E-state index >= 15 is 0 Å². The Morgan fingerprint density at radius 3 is 2.34 bits per heavy atom. The first-order chi connectivity index (χ1) is 19.9. The minimum atomic E-state index is -0.926. The van der Waals surface area contributed by atoms with Gasteiger partial charge in [-0.3, -0.25) is 14.4 Å². The normalized spacial score (nSPS) is 10.6. The number of hydrogen-bond acceptors (Lipinski definition) is 7. The number of benzene rings is 3. The zero-order chi connectivity index (χ0) is 29.5. The van der Waals surface area contributed by atoms with Crippen molar-refractivity contribution >= 4 is 35.3 Å². The van der Waals surface area contributed by atoms with Crippen molar-refractivity contribution in [1.29, 1.82) is 0 Å². The highest BCUT2D eigenvalue weighted by atomic mass is 16.5. The molecule has 0 fully saturated rings. The molecule has 3 rings (SSSR count). The fourth-order valence-corrected chi connectivity index (χ4v) is 3.65. The van der Waals surface area contributed by atoms with Gasteiger partial charge in [-0.25, -0.2) is 5.43 Å². The van der Waals surface area contributed by atoms with E-state index in [4.69, 9.17) is 14.2 Å². The predicted molar refractivity (Wildman–Crippen MR) is 159 cm³/mol. The van der Waals surface area contributed by atoms with Crippen molar-refractivity contribution in [2.75, 3.05) is 30.5 Å². The van der Waals surface area contributed by atoms with E-state index in [1.165, 1.54) is 6.21 Å². The van der Waals surface area contributed by atoms with Gasteiger partial charge < -0.3 is 24.8 Å². The molecule has 216 valence electrons. The average Bonchev–Trinajstić information content (AvgIpc) is 2.98. The molecule has 0 unspecified atom stereocenters. The Balaban J connectivity index is 1.52. The first-order valence-corrected chi connectivity index (χ1v) is 13.6. The average molecular weight is 561 g/mol. The summed E-state index contributed by atoms with van der Waals surface area (Å²) in [5.41, 5.74) is 5.03. The molecule has 3 amide bonds. The maximum atomic E-state index is 12.5. The van der Waals surface area contributed by atoms with E-state index in [-0.39, 0.29) is 12.5 Å². The van der Waals surface area contributed by atoms with Crippen molar-refractivity contribution in [2.24, 2.45) is 5.10 Å². The van der Waals surface area contributed by atoms with Crippen LogP contribution in [0.2, 0.25) is 0 Å². The van der Waals surface area contributed by atoms with Gasteiger partial charge in [0.05, 0.1) is 19.4 Å². The van der Waals surface area contributed by atoms with Crippen LogP contribution in [0.15, 0.2) is 71.8 Å². The molecule has 0 radical (unpaired) electrons. The van der Waals surface area contributed by atoms with Crippen LogP contribution in [0.5, 0.6) is 17.2 Å². The summed E-state index contributed by atoms with van der Waals surface area (Å²) in [7, 11) is 0. The molecule has 0 saturated carbocycles. The summed E-state index contributed by atoms with van der Waals surface area (Å²) >= 11 is 0. The molecule has 0 aliphatic heterocycles. The van der Waals surface area contributed by atoms with Crippen molar-refractivity contribution in [3.05, 3.63) is 77.9 Å². The third-order valence-corrected chi connectivity index (χ3v) is 5.76. The summed E-state index contributed by atoms with van der Waals surface area (Å²) in [6, 6.07) is 19.3. The van der Waals surface area contributed by atoms with E-state index in [2.05, 4.69) is 28.1 Å². The van der Waals surface area contributed by atoms with Crippen LogP contribution in [0.4, 0.5) is 11.4 Å². The van der Waals surface area contributed by atoms with Gasteiger partial charge in [0.15, 0.2) is 18.1 Å². The molecule has 3 aromatic carbocycles. The number of anilines is 2. The second-order valence-corrected chi connectivity index (χ2v) is 8.87. The van der Waals surface area contributed by atoms with Gasteiger partial charge >= 0.3 is 11.8 Å². The van der Waals surface area contributed by atoms with Crippen LogP contribution in [-0.4, -0.2) is 43.8 Å². The van der Waals surface area contributed by atoms with Crippen LogP contribution in [0.25, 0.3) is 0 Å². The summed E-state index contributed by atoms with van der Waals surface area (Å²) in [6.07, 6.45) is 4.16. The molecule has 0 aliphatic rings. The number of para-hydroxylation sites is 1. The lowest BCUT2D eigenvalue weighted by atomic mass is 10.1. The molecule has 0 saturated heterocycles. The van der Waals surface area contributed by atoms with E-state index in [0.717, 1.165) is 30.5 Å². The molecular formula is C31H36N4O6. The second-order valence-electron chi connectivity index (χ2n) is 8.87. The number of ether oxygens (including phenoxy) is 3. The summed E-state index contributed by atoms with van der Waals surface area (Å²) in [5.74, 6) is -0.603. The van der Waals surface area contributed by atoms with Gasteiger partial charge in [0.25, 0.3) is 5.91 Å². The van der Waals surface area contributed by atoms with E-state index in [1.807, 2.05) is 38.1 Å². The monoisotopic (exact) mass is 560 g/mol. The van der Waals surface area contributed by atoms with Gasteiger partial charge in [-0.2, -0.15) is 5.10 Å².